The first-order valence-corrected chi connectivity index (χ1v) is 15.3. The van der Waals surface area contributed by atoms with Crippen LogP contribution in [0, 0.1) is 0 Å². The Kier molecular flexibility index (Phi) is 6.15. The number of fused-ring (bicyclic) bond motifs is 4. The molecule has 0 aromatic carbocycles. The second-order valence-electron chi connectivity index (χ2n) is 10.1. The van der Waals surface area contributed by atoms with Crippen LogP contribution in [-0.2, 0) is 23.3 Å². The van der Waals surface area contributed by atoms with Gasteiger partial charge in [0.2, 0.25) is 5.95 Å². The van der Waals surface area contributed by atoms with Gasteiger partial charge in [-0.05, 0) is 6.42 Å². The number of nitrogens with one attached hydrogen (secondary N) is 1. The SMILES string of the molecule is Nc1nc2c(ncn2[C@@H]2O[C@H](CO)C[C@H]2P(=O)(S)OC[C@@]23CO[C@@H]([C@H](n4cnc5c(N)ncnc54)O2)[C@@H]3O)c(=O)[nH]1. The van der Waals surface area contributed by atoms with E-state index in [1.807, 2.05) is 0 Å². The van der Waals surface area contributed by atoms with Gasteiger partial charge in [-0.1, -0.05) is 12.2 Å². The quantitative estimate of drug-likeness (QED) is 0.108. The van der Waals surface area contributed by atoms with Crippen LogP contribution < -0.4 is 17.0 Å². The number of nitrogens with two attached hydrogens (primary N) is 2. The molecule has 0 spiro atoms. The number of nitrogen functional groups attached to an aromatic ring is 2. The predicted octanol–water partition coefficient (Wildman–Crippen LogP) is -1.06. The van der Waals surface area contributed by atoms with Crippen LogP contribution in [0.1, 0.15) is 18.9 Å². The molecule has 3 fully saturated rings. The van der Waals surface area contributed by atoms with E-state index in [-0.39, 0.29) is 49.2 Å². The summed E-state index contributed by atoms with van der Waals surface area (Å²) in [4.78, 5) is 35.3. The number of hydrogen-bond acceptors (Lipinski definition) is 15. The molecule has 0 saturated carbocycles. The van der Waals surface area contributed by atoms with Crippen molar-refractivity contribution in [2.75, 3.05) is 31.3 Å². The van der Waals surface area contributed by atoms with Crippen molar-refractivity contribution in [3.63, 3.8) is 0 Å². The number of nitrogens with zero attached hydrogens (tertiary/aromatic N) is 7. The van der Waals surface area contributed by atoms with Crippen molar-refractivity contribution in [2.45, 2.75) is 48.4 Å². The van der Waals surface area contributed by atoms with Crippen molar-refractivity contribution >= 4 is 52.9 Å². The van der Waals surface area contributed by atoms with Gasteiger partial charge in [0.25, 0.3) is 12.1 Å². The molecule has 7 heterocycles. The summed E-state index contributed by atoms with van der Waals surface area (Å²) in [6.45, 7) is -4.60. The third-order valence-electron chi connectivity index (χ3n) is 7.67. The minimum atomic E-state index is -3.87. The van der Waals surface area contributed by atoms with Crippen molar-refractivity contribution in [3.8, 4) is 0 Å². The Hall–Kier alpha value is -3.16. The lowest BCUT2D eigenvalue weighted by Crippen LogP contribution is -2.45. The molecule has 18 nitrogen and oxygen atoms in total. The Morgan fingerprint density at radius 3 is 2.71 bits per heavy atom. The number of rotatable bonds is 7. The molecular weight excluding hydrogens is 583 g/mol. The van der Waals surface area contributed by atoms with Crippen molar-refractivity contribution < 1.29 is 33.5 Å². The van der Waals surface area contributed by atoms with Crippen molar-refractivity contribution in [1.29, 1.82) is 0 Å². The number of hydrogen-bond donors (Lipinski definition) is 6. The average molecular weight is 609 g/mol. The lowest BCUT2D eigenvalue weighted by atomic mass is 10.0. The van der Waals surface area contributed by atoms with E-state index in [1.165, 1.54) is 23.5 Å². The first-order valence-electron chi connectivity index (χ1n) is 12.5. The number of aliphatic hydroxyl groups is 2. The highest BCUT2D eigenvalue weighted by Gasteiger charge is 2.63. The summed E-state index contributed by atoms with van der Waals surface area (Å²) in [5.74, 6) is 0.0505. The largest absolute Gasteiger partial charge is 0.394 e. The number of imidazole rings is 2. The number of H-pyrrole nitrogens is 1. The van der Waals surface area contributed by atoms with E-state index in [2.05, 4.69) is 42.2 Å². The summed E-state index contributed by atoms with van der Waals surface area (Å²) in [7, 11) is 0. The highest BCUT2D eigenvalue weighted by molar-refractivity contribution is 8.46. The van der Waals surface area contributed by atoms with E-state index in [1.54, 1.807) is 4.57 Å². The summed E-state index contributed by atoms with van der Waals surface area (Å²) >= 11 is 4.42. The van der Waals surface area contributed by atoms with Gasteiger partial charge in [0.15, 0.2) is 28.9 Å². The molecule has 7 N–H and O–H groups in total. The number of ether oxygens (including phenoxy) is 3. The molecule has 4 aromatic rings. The molecule has 0 radical (unpaired) electrons. The van der Waals surface area contributed by atoms with Crippen LogP contribution in [-0.4, -0.2) is 98.6 Å². The zero-order valence-corrected chi connectivity index (χ0v) is 22.8. The predicted molar refractivity (Wildman–Crippen MR) is 143 cm³/mol. The van der Waals surface area contributed by atoms with Crippen LogP contribution in [0.25, 0.3) is 22.3 Å². The minimum Gasteiger partial charge on any atom is -0.394 e. The first-order chi connectivity index (χ1) is 19.6. The Morgan fingerprint density at radius 1 is 1.17 bits per heavy atom. The lowest BCUT2D eigenvalue weighted by Gasteiger charge is -2.33. The summed E-state index contributed by atoms with van der Waals surface area (Å²) in [6.07, 6.45) is -0.296. The maximum absolute atomic E-state index is 14.0. The molecule has 1 unspecified atom stereocenters. The second kappa shape index (κ2) is 9.43. The standard InChI is InChI=1S/C21H25N10O8PS/c22-14-10-15(25-5-24-14)30(6-26-10)19-12-13(33)21(39-19,3-36-12)4-37-40(35,41)9-1-8(2-32)38-18(9)31-7-27-11-16(31)28-20(23)29-17(11)34/h5-9,12-13,18-19,32-33H,1-4H2,(H,35,41)(H2,22,24,25)(H3,23,28,29,34)/t8-,9+,12+,13-,18+,19+,21+,40?/m0/s1. The molecule has 8 atom stereocenters. The normalized spacial score (nSPS) is 32.8. The molecule has 218 valence electrons. The molecule has 3 aliphatic rings. The van der Waals surface area contributed by atoms with E-state index >= 15 is 0 Å². The zero-order chi connectivity index (χ0) is 28.7. The molecule has 41 heavy (non-hydrogen) atoms. The van der Waals surface area contributed by atoms with Gasteiger partial charge in [0.1, 0.15) is 35.9 Å². The van der Waals surface area contributed by atoms with E-state index in [9.17, 15) is 19.6 Å². The minimum absolute atomic E-state index is 0.00419. The van der Waals surface area contributed by atoms with Gasteiger partial charge < -0.3 is 40.4 Å². The van der Waals surface area contributed by atoms with Gasteiger partial charge >= 0.3 is 0 Å². The van der Waals surface area contributed by atoms with Crippen molar-refractivity contribution in [3.05, 3.63) is 29.3 Å². The third-order valence-corrected chi connectivity index (χ3v) is 10.7. The van der Waals surface area contributed by atoms with Crippen LogP contribution in [0.5, 0.6) is 0 Å². The van der Waals surface area contributed by atoms with Gasteiger partial charge in [-0.25, -0.2) is 19.9 Å². The lowest BCUT2D eigenvalue weighted by molar-refractivity contribution is -0.182. The maximum atomic E-state index is 14.0. The highest BCUT2D eigenvalue weighted by atomic mass is 32.7. The van der Waals surface area contributed by atoms with Crippen molar-refractivity contribution in [1.82, 2.24) is 39.0 Å². The Bertz CT molecular complexity index is 1760. The number of aliphatic hydroxyl groups excluding tert-OH is 2. The Balaban J connectivity index is 1.15. The van der Waals surface area contributed by atoms with Crippen LogP contribution in [0.2, 0.25) is 0 Å². The molecule has 3 aliphatic heterocycles. The van der Waals surface area contributed by atoms with E-state index in [0.717, 1.165) is 0 Å². The van der Waals surface area contributed by atoms with Gasteiger partial charge in [0.05, 0.1) is 44.2 Å². The molecule has 7 rings (SSSR count). The number of anilines is 2. The molecule has 20 heteroatoms. The molecule has 0 aliphatic carbocycles. The third kappa shape index (κ3) is 4.07. The Morgan fingerprint density at radius 2 is 1.93 bits per heavy atom. The van der Waals surface area contributed by atoms with Gasteiger partial charge in [-0.2, -0.15) is 4.98 Å². The summed E-state index contributed by atoms with van der Waals surface area (Å²) in [5.41, 5.74) is 9.66. The van der Waals surface area contributed by atoms with Crippen LogP contribution in [0.3, 0.4) is 0 Å². The van der Waals surface area contributed by atoms with E-state index in [0.29, 0.717) is 11.2 Å². The summed E-state index contributed by atoms with van der Waals surface area (Å²) < 4.78 is 41.0. The number of aromatic nitrogens is 8. The summed E-state index contributed by atoms with van der Waals surface area (Å²) in [5, 5.41) is 20.9. The number of thiol groups is 1. The van der Waals surface area contributed by atoms with E-state index < -0.39 is 54.2 Å². The van der Waals surface area contributed by atoms with Crippen LogP contribution in [0.15, 0.2) is 23.8 Å². The average Bonchev–Trinajstić information content (AvgIpc) is 3.75. The second-order valence-corrected chi connectivity index (χ2v) is 13.8. The van der Waals surface area contributed by atoms with Gasteiger partial charge in [-0.3, -0.25) is 23.5 Å². The fourth-order valence-corrected chi connectivity index (χ4v) is 8.04. The number of aromatic amines is 1. The van der Waals surface area contributed by atoms with Crippen LogP contribution in [0.4, 0.5) is 11.8 Å². The first kappa shape index (κ1) is 26.7. The maximum Gasteiger partial charge on any atom is 0.280 e. The molecule has 4 aromatic heterocycles. The molecule has 2 bridgehead atoms. The molecular formula is C21H25N10O8PS. The van der Waals surface area contributed by atoms with Crippen LogP contribution >= 0.6 is 18.8 Å². The Labute approximate surface area is 234 Å². The van der Waals surface area contributed by atoms with Crippen molar-refractivity contribution in [2.24, 2.45) is 0 Å². The summed E-state index contributed by atoms with van der Waals surface area (Å²) in [6, 6.07) is 0. The van der Waals surface area contributed by atoms with Gasteiger partial charge in [-0.15, -0.1) is 0 Å². The molecule has 3 saturated heterocycles. The fourth-order valence-electron chi connectivity index (χ4n) is 5.61. The fraction of sp³-hybridized carbons (Fsp3) is 0.524. The monoisotopic (exact) mass is 608 g/mol. The van der Waals surface area contributed by atoms with Gasteiger partial charge in [0, 0.05) is 0 Å². The highest BCUT2D eigenvalue weighted by Crippen LogP contribution is 2.64. The zero-order valence-electron chi connectivity index (χ0n) is 21.0. The smallest absolute Gasteiger partial charge is 0.280 e. The molecule has 0 amide bonds. The van der Waals surface area contributed by atoms with E-state index in [4.69, 9.17) is 30.2 Å². The topological polar surface area (TPSA) is 254 Å².